The van der Waals surface area contributed by atoms with Gasteiger partial charge in [-0.3, -0.25) is 4.79 Å². The molecule has 1 aromatic carbocycles. The van der Waals surface area contributed by atoms with E-state index >= 15 is 0 Å². The van der Waals surface area contributed by atoms with Crippen molar-refractivity contribution in [1.82, 2.24) is 0 Å². The average molecular weight is 179 g/mol. The van der Waals surface area contributed by atoms with Crippen molar-refractivity contribution in [2.45, 2.75) is 26.8 Å². The summed E-state index contributed by atoms with van der Waals surface area (Å²) >= 11 is 0. The highest BCUT2D eigenvalue weighted by molar-refractivity contribution is 5.82. The zero-order valence-corrected chi connectivity index (χ0v) is 8.45. The van der Waals surface area contributed by atoms with Gasteiger partial charge in [-0.1, -0.05) is 44.2 Å². The standard InChI is InChI=1S/C9H11NO.C2H6/c1-7(11)9(10)8-5-3-2-4-6-8;1-2/h2-6,9H,10H2,1H3;1-2H3. The first-order chi connectivity index (χ1) is 6.22. The van der Waals surface area contributed by atoms with Crippen LogP contribution in [0.15, 0.2) is 30.3 Å². The number of carbonyl (C=O) groups is 1. The van der Waals surface area contributed by atoms with Crippen LogP contribution in [-0.2, 0) is 4.79 Å². The molecule has 0 heterocycles. The van der Waals surface area contributed by atoms with Gasteiger partial charge >= 0.3 is 0 Å². The van der Waals surface area contributed by atoms with Crippen LogP contribution in [0.2, 0.25) is 0 Å². The molecule has 0 saturated heterocycles. The van der Waals surface area contributed by atoms with E-state index < -0.39 is 6.04 Å². The summed E-state index contributed by atoms with van der Waals surface area (Å²) in [5.41, 5.74) is 6.46. The van der Waals surface area contributed by atoms with Gasteiger partial charge in [0.1, 0.15) is 0 Å². The normalized spacial score (nSPS) is 11.1. The van der Waals surface area contributed by atoms with Crippen LogP contribution in [0.1, 0.15) is 32.4 Å². The minimum atomic E-state index is -0.462. The Morgan fingerprint density at radius 1 is 1.23 bits per heavy atom. The van der Waals surface area contributed by atoms with E-state index in [0.29, 0.717) is 0 Å². The van der Waals surface area contributed by atoms with Crippen molar-refractivity contribution in [3.8, 4) is 0 Å². The van der Waals surface area contributed by atoms with Gasteiger partial charge in [0.15, 0.2) is 5.78 Å². The van der Waals surface area contributed by atoms with Crippen molar-refractivity contribution in [3.05, 3.63) is 35.9 Å². The van der Waals surface area contributed by atoms with Gasteiger partial charge in [0.2, 0.25) is 0 Å². The molecule has 0 aromatic heterocycles. The Balaban J connectivity index is 0.000000671. The van der Waals surface area contributed by atoms with Gasteiger partial charge in [-0.25, -0.2) is 0 Å². The average Bonchev–Trinajstić information content (AvgIpc) is 2.21. The lowest BCUT2D eigenvalue weighted by molar-refractivity contribution is -0.118. The lowest BCUT2D eigenvalue weighted by Gasteiger charge is -2.06. The monoisotopic (exact) mass is 179 g/mol. The fourth-order valence-electron chi connectivity index (χ4n) is 0.895. The molecule has 1 unspecified atom stereocenters. The Bertz CT molecular complexity index is 244. The van der Waals surface area contributed by atoms with Gasteiger partial charge in [-0.15, -0.1) is 0 Å². The van der Waals surface area contributed by atoms with E-state index in [4.69, 9.17) is 5.73 Å². The summed E-state index contributed by atoms with van der Waals surface area (Å²) in [6, 6.07) is 8.89. The van der Waals surface area contributed by atoms with E-state index in [1.54, 1.807) is 0 Å². The van der Waals surface area contributed by atoms with Crippen molar-refractivity contribution in [2.24, 2.45) is 5.73 Å². The largest absolute Gasteiger partial charge is 0.318 e. The SMILES string of the molecule is CC.CC(=O)C(N)c1ccccc1. The topological polar surface area (TPSA) is 43.1 Å². The Hall–Kier alpha value is -1.15. The third-order valence-corrected chi connectivity index (χ3v) is 1.60. The molecule has 2 heteroatoms. The highest BCUT2D eigenvalue weighted by Crippen LogP contribution is 2.09. The second kappa shape index (κ2) is 6.38. The number of Topliss-reactive ketones (excluding diaryl/α,β-unsaturated/α-hetero) is 1. The fourth-order valence-corrected chi connectivity index (χ4v) is 0.895. The van der Waals surface area contributed by atoms with Crippen molar-refractivity contribution >= 4 is 5.78 Å². The molecule has 1 rings (SSSR count). The summed E-state index contributed by atoms with van der Waals surface area (Å²) in [6.07, 6.45) is 0. The quantitative estimate of drug-likeness (QED) is 0.757. The molecule has 0 fully saturated rings. The molecule has 2 nitrogen and oxygen atoms in total. The number of hydrogen-bond donors (Lipinski definition) is 1. The maximum atomic E-state index is 10.8. The molecule has 0 spiro atoms. The van der Waals surface area contributed by atoms with Gasteiger partial charge in [-0.05, 0) is 12.5 Å². The lowest BCUT2D eigenvalue weighted by atomic mass is 10.1. The van der Waals surface area contributed by atoms with E-state index in [1.165, 1.54) is 6.92 Å². The number of hydrogen-bond acceptors (Lipinski definition) is 2. The molecule has 0 radical (unpaired) electrons. The zero-order valence-electron chi connectivity index (χ0n) is 8.45. The summed E-state index contributed by atoms with van der Waals surface area (Å²) in [5, 5.41) is 0. The van der Waals surface area contributed by atoms with Crippen LogP contribution in [-0.4, -0.2) is 5.78 Å². The summed E-state index contributed by atoms with van der Waals surface area (Å²) in [4.78, 5) is 10.8. The molecule has 2 N–H and O–H groups in total. The van der Waals surface area contributed by atoms with E-state index in [0.717, 1.165) is 5.56 Å². The Kier molecular flexibility index (Phi) is 5.81. The highest BCUT2D eigenvalue weighted by Gasteiger charge is 2.08. The Morgan fingerprint density at radius 2 is 1.69 bits per heavy atom. The molecule has 0 aliphatic rings. The van der Waals surface area contributed by atoms with E-state index in [-0.39, 0.29) is 5.78 Å². The van der Waals surface area contributed by atoms with Crippen LogP contribution < -0.4 is 5.73 Å². The molecule has 0 aliphatic carbocycles. The van der Waals surface area contributed by atoms with Gasteiger partial charge in [0, 0.05) is 0 Å². The van der Waals surface area contributed by atoms with Crippen LogP contribution in [0.25, 0.3) is 0 Å². The molecule has 1 atom stereocenters. The van der Waals surface area contributed by atoms with Gasteiger partial charge in [0.05, 0.1) is 6.04 Å². The minimum absolute atomic E-state index is 0.00352. The third-order valence-electron chi connectivity index (χ3n) is 1.60. The second-order valence-corrected chi connectivity index (χ2v) is 2.50. The molecule has 72 valence electrons. The maximum Gasteiger partial charge on any atom is 0.150 e. The van der Waals surface area contributed by atoms with Gasteiger partial charge in [-0.2, -0.15) is 0 Å². The summed E-state index contributed by atoms with van der Waals surface area (Å²) in [6.45, 7) is 5.50. The first-order valence-corrected chi connectivity index (χ1v) is 4.53. The van der Waals surface area contributed by atoms with Crippen LogP contribution in [0.3, 0.4) is 0 Å². The number of benzene rings is 1. The number of carbonyl (C=O) groups excluding carboxylic acids is 1. The molecule has 13 heavy (non-hydrogen) atoms. The molecule has 0 bridgehead atoms. The first-order valence-electron chi connectivity index (χ1n) is 4.53. The first kappa shape index (κ1) is 11.8. The van der Waals surface area contributed by atoms with Gasteiger partial charge < -0.3 is 5.73 Å². The second-order valence-electron chi connectivity index (χ2n) is 2.50. The molecule has 0 saturated carbocycles. The predicted octanol–water partition coefficient (Wildman–Crippen LogP) is 2.30. The van der Waals surface area contributed by atoms with Crippen LogP contribution in [0, 0.1) is 0 Å². The Morgan fingerprint density at radius 3 is 2.08 bits per heavy atom. The molecule has 0 aliphatic heterocycles. The number of nitrogens with two attached hydrogens (primary N) is 1. The predicted molar refractivity (Wildman–Crippen MR) is 55.4 cm³/mol. The molecule has 1 aromatic rings. The lowest BCUT2D eigenvalue weighted by Crippen LogP contribution is -2.18. The third kappa shape index (κ3) is 3.85. The van der Waals surface area contributed by atoms with Crippen molar-refractivity contribution in [3.63, 3.8) is 0 Å². The van der Waals surface area contributed by atoms with Crippen molar-refractivity contribution in [1.29, 1.82) is 0 Å². The zero-order chi connectivity index (χ0) is 10.3. The van der Waals surface area contributed by atoms with Crippen LogP contribution >= 0.6 is 0 Å². The van der Waals surface area contributed by atoms with E-state index in [2.05, 4.69) is 0 Å². The smallest absolute Gasteiger partial charge is 0.150 e. The van der Waals surface area contributed by atoms with E-state index in [1.807, 2.05) is 44.2 Å². The number of ketones is 1. The van der Waals surface area contributed by atoms with Crippen LogP contribution in [0.4, 0.5) is 0 Å². The van der Waals surface area contributed by atoms with Crippen molar-refractivity contribution in [2.75, 3.05) is 0 Å². The van der Waals surface area contributed by atoms with Crippen LogP contribution in [0.5, 0.6) is 0 Å². The number of rotatable bonds is 2. The fraction of sp³-hybridized carbons (Fsp3) is 0.364. The maximum absolute atomic E-state index is 10.8. The summed E-state index contributed by atoms with van der Waals surface area (Å²) in [5.74, 6) is -0.00352. The Labute approximate surface area is 79.8 Å². The summed E-state index contributed by atoms with van der Waals surface area (Å²) < 4.78 is 0. The van der Waals surface area contributed by atoms with Crippen molar-refractivity contribution < 1.29 is 4.79 Å². The minimum Gasteiger partial charge on any atom is -0.318 e. The highest BCUT2D eigenvalue weighted by atomic mass is 16.1. The van der Waals surface area contributed by atoms with E-state index in [9.17, 15) is 4.79 Å². The molecular weight excluding hydrogens is 162 g/mol. The molecule has 0 amide bonds. The summed E-state index contributed by atoms with van der Waals surface area (Å²) in [7, 11) is 0. The van der Waals surface area contributed by atoms with Gasteiger partial charge in [0.25, 0.3) is 0 Å². The molecular formula is C11H17NO.